The number of rotatable bonds is 6. The molecule has 0 heterocycles. The van der Waals surface area contributed by atoms with E-state index in [-0.39, 0.29) is 24.5 Å². The van der Waals surface area contributed by atoms with Crippen LogP contribution in [0.3, 0.4) is 0 Å². The third-order valence-electron chi connectivity index (χ3n) is 3.14. The number of nitrogens with one attached hydrogen (secondary N) is 2. The maximum Gasteiger partial charge on any atom is 0.315 e. The molecule has 0 aliphatic rings. The Morgan fingerprint density at radius 2 is 2.05 bits per heavy atom. The molecule has 5 nitrogen and oxygen atoms in total. The fourth-order valence-electron chi connectivity index (χ4n) is 1.75. The summed E-state index contributed by atoms with van der Waals surface area (Å²) < 4.78 is 5.58. The highest BCUT2D eigenvalue weighted by Crippen LogP contribution is 2.21. The van der Waals surface area contributed by atoms with Gasteiger partial charge in [-0.2, -0.15) is 0 Å². The summed E-state index contributed by atoms with van der Waals surface area (Å²) in [5.74, 6) is -0.371. The minimum atomic E-state index is -0.431. The van der Waals surface area contributed by atoms with Crippen LogP contribution >= 0.6 is 15.9 Å². The van der Waals surface area contributed by atoms with Gasteiger partial charge in [-0.25, -0.2) is 4.79 Å². The molecule has 6 heteroatoms. The molecule has 0 saturated heterocycles. The van der Waals surface area contributed by atoms with Crippen LogP contribution in [-0.4, -0.2) is 25.2 Å². The molecule has 0 spiro atoms. The molecule has 0 aliphatic carbocycles. The zero-order chi connectivity index (χ0) is 15.8. The van der Waals surface area contributed by atoms with Crippen molar-refractivity contribution in [1.82, 2.24) is 10.6 Å². The number of ether oxygens (including phenoxy) is 1. The molecule has 0 radical (unpaired) electrons. The molecule has 2 atom stereocenters. The van der Waals surface area contributed by atoms with Crippen LogP contribution in [0.5, 0.6) is 0 Å². The SMILES string of the molecule is CC[C@H](C)NC(=O)N[C@@H](CC(=O)OC)c1cccc(Br)c1. The van der Waals surface area contributed by atoms with E-state index in [1.165, 1.54) is 7.11 Å². The Labute approximate surface area is 133 Å². The van der Waals surface area contributed by atoms with Crippen LogP contribution in [0, 0.1) is 0 Å². The van der Waals surface area contributed by atoms with Gasteiger partial charge >= 0.3 is 12.0 Å². The van der Waals surface area contributed by atoms with Crippen LogP contribution in [-0.2, 0) is 9.53 Å². The van der Waals surface area contributed by atoms with Crippen molar-refractivity contribution < 1.29 is 14.3 Å². The van der Waals surface area contributed by atoms with Crippen LogP contribution in [0.25, 0.3) is 0 Å². The van der Waals surface area contributed by atoms with E-state index in [1.54, 1.807) is 0 Å². The lowest BCUT2D eigenvalue weighted by Gasteiger charge is -2.20. The van der Waals surface area contributed by atoms with Gasteiger partial charge in [0.1, 0.15) is 0 Å². The second-order valence-corrected chi connectivity index (χ2v) is 5.73. The molecule has 21 heavy (non-hydrogen) atoms. The Balaban J connectivity index is 2.82. The van der Waals surface area contributed by atoms with Crippen molar-refractivity contribution in [2.45, 2.75) is 38.8 Å². The van der Waals surface area contributed by atoms with Gasteiger partial charge in [0.15, 0.2) is 0 Å². The van der Waals surface area contributed by atoms with Crippen molar-refractivity contribution in [1.29, 1.82) is 0 Å². The fourth-order valence-corrected chi connectivity index (χ4v) is 2.17. The van der Waals surface area contributed by atoms with Gasteiger partial charge in [0.2, 0.25) is 0 Å². The molecule has 1 aromatic rings. The highest BCUT2D eigenvalue weighted by Gasteiger charge is 2.19. The number of carbonyl (C=O) groups excluding carboxylic acids is 2. The lowest BCUT2D eigenvalue weighted by molar-refractivity contribution is -0.141. The molecule has 0 saturated carbocycles. The Bertz CT molecular complexity index is 494. The van der Waals surface area contributed by atoms with Crippen molar-refractivity contribution in [3.8, 4) is 0 Å². The number of methoxy groups -OCH3 is 1. The van der Waals surface area contributed by atoms with Crippen LogP contribution in [0.1, 0.15) is 38.3 Å². The first-order chi connectivity index (χ1) is 9.96. The molecule has 2 N–H and O–H groups in total. The molecule has 0 fully saturated rings. The van der Waals surface area contributed by atoms with Crippen molar-refractivity contribution >= 4 is 27.9 Å². The normalized spacial score (nSPS) is 13.1. The van der Waals surface area contributed by atoms with Gasteiger partial charge in [0.25, 0.3) is 0 Å². The van der Waals surface area contributed by atoms with Gasteiger partial charge in [0.05, 0.1) is 19.6 Å². The van der Waals surface area contributed by atoms with E-state index in [1.807, 2.05) is 38.1 Å². The molecule has 116 valence electrons. The predicted molar refractivity (Wildman–Crippen MR) is 84.9 cm³/mol. The average Bonchev–Trinajstić information content (AvgIpc) is 2.46. The summed E-state index contributed by atoms with van der Waals surface area (Å²) in [6, 6.07) is 6.83. The van der Waals surface area contributed by atoms with Gasteiger partial charge in [-0.3, -0.25) is 4.79 Å². The second-order valence-electron chi connectivity index (χ2n) is 4.81. The standard InChI is InChI=1S/C15H21BrN2O3/c1-4-10(2)17-15(20)18-13(9-14(19)21-3)11-6-5-7-12(16)8-11/h5-8,10,13H,4,9H2,1-3H3,(H2,17,18,20)/t10-,13-/m0/s1. The number of hydrogen-bond acceptors (Lipinski definition) is 3. The first-order valence-electron chi connectivity index (χ1n) is 6.85. The number of esters is 1. The number of halogens is 1. The molecule has 0 aliphatic heterocycles. The molecule has 0 bridgehead atoms. The molecule has 1 rings (SSSR count). The van der Waals surface area contributed by atoms with Gasteiger partial charge in [-0.1, -0.05) is 35.0 Å². The summed E-state index contributed by atoms with van der Waals surface area (Å²) in [7, 11) is 1.33. The first kappa shape index (κ1) is 17.5. The lowest BCUT2D eigenvalue weighted by atomic mass is 10.0. The third-order valence-corrected chi connectivity index (χ3v) is 3.64. The highest BCUT2D eigenvalue weighted by molar-refractivity contribution is 9.10. The number of hydrogen-bond donors (Lipinski definition) is 2. The number of carbonyl (C=O) groups is 2. The van der Waals surface area contributed by atoms with Crippen molar-refractivity contribution in [3.05, 3.63) is 34.3 Å². The van der Waals surface area contributed by atoms with Gasteiger partial charge in [-0.05, 0) is 31.0 Å². The van der Waals surface area contributed by atoms with Crippen LogP contribution in [0.4, 0.5) is 4.79 Å². The Morgan fingerprint density at radius 1 is 1.33 bits per heavy atom. The summed E-state index contributed by atoms with van der Waals surface area (Å²) in [5, 5.41) is 5.64. The second kappa shape index (κ2) is 8.67. The summed E-state index contributed by atoms with van der Waals surface area (Å²) in [4.78, 5) is 23.5. The molecular weight excluding hydrogens is 336 g/mol. The maximum absolute atomic E-state index is 12.0. The quantitative estimate of drug-likeness (QED) is 0.769. The molecule has 1 aromatic carbocycles. The summed E-state index contributed by atoms with van der Waals surface area (Å²) in [5.41, 5.74) is 0.842. The van der Waals surface area contributed by atoms with Gasteiger partial charge in [0, 0.05) is 10.5 Å². The van der Waals surface area contributed by atoms with E-state index in [0.29, 0.717) is 0 Å². The van der Waals surface area contributed by atoms with Crippen LogP contribution in [0.15, 0.2) is 28.7 Å². The summed E-state index contributed by atoms with van der Waals surface area (Å²) in [6.07, 6.45) is 0.923. The molecule has 0 unspecified atom stereocenters. The topological polar surface area (TPSA) is 67.4 Å². The van der Waals surface area contributed by atoms with E-state index in [9.17, 15) is 9.59 Å². The van der Waals surface area contributed by atoms with Crippen LogP contribution < -0.4 is 10.6 Å². The van der Waals surface area contributed by atoms with E-state index in [0.717, 1.165) is 16.5 Å². The average molecular weight is 357 g/mol. The van der Waals surface area contributed by atoms with Gasteiger partial charge in [-0.15, -0.1) is 0 Å². The number of amides is 2. The smallest absolute Gasteiger partial charge is 0.315 e. The maximum atomic E-state index is 12.0. The molecule has 2 amide bonds. The van der Waals surface area contributed by atoms with E-state index in [2.05, 4.69) is 26.6 Å². The zero-order valence-electron chi connectivity index (χ0n) is 12.5. The van der Waals surface area contributed by atoms with Crippen LogP contribution in [0.2, 0.25) is 0 Å². The number of urea groups is 1. The Hall–Kier alpha value is -1.56. The lowest BCUT2D eigenvalue weighted by Crippen LogP contribution is -2.42. The number of benzene rings is 1. The first-order valence-corrected chi connectivity index (χ1v) is 7.64. The highest BCUT2D eigenvalue weighted by atomic mass is 79.9. The fraction of sp³-hybridized carbons (Fsp3) is 0.467. The predicted octanol–water partition coefficient (Wildman–Crippen LogP) is 3.15. The summed E-state index contributed by atoms with van der Waals surface area (Å²) >= 11 is 3.39. The van der Waals surface area contributed by atoms with E-state index < -0.39 is 6.04 Å². The minimum Gasteiger partial charge on any atom is -0.469 e. The molecule has 0 aromatic heterocycles. The van der Waals surface area contributed by atoms with Crippen molar-refractivity contribution in [3.63, 3.8) is 0 Å². The van der Waals surface area contributed by atoms with Crippen molar-refractivity contribution in [2.24, 2.45) is 0 Å². The van der Waals surface area contributed by atoms with Crippen molar-refractivity contribution in [2.75, 3.05) is 7.11 Å². The largest absolute Gasteiger partial charge is 0.469 e. The minimum absolute atomic E-state index is 0.0753. The van der Waals surface area contributed by atoms with E-state index in [4.69, 9.17) is 4.74 Å². The third kappa shape index (κ3) is 6.16. The Kier molecular flexibility index (Phi) is 7.22. The Morgan fingerprint density at radius 3 is 2.62 bits per heavy atom. The molecular formula is C15H21BrN2O3. The van der Waals surface area contributed by atoms with E-state index >= 15 is 0 Å². The monoisotopic (exact) mass is 356 g/mol. The van der Waals surface area contributed by atoms with Gasteiger partial charge < -0.3 is 15.4 Å². The summed E-state index contributed by atoms with van der Waals surface area (Å²) in [6.45, 7) is 3.92. The zero-order valence-corrected chi connectivity index (χ0v) is 14.1.